The summed E-state index contributed by atoms with van der Waals surface area (Å²) in [5.74, 6) is 1.10. The van der Waals surface area contributed by atoms with Crippen LogP contribution in [0.2, 0.25) is 0 Å². The Morgan fingerprint density at radius 1 is 1.11 bits per heavy atom. The van der Waals surface area contributed by atoms with Crippen molar-refractivity contribution in [3.05, 3.63) is 88.5 Å². The van der Waals surface area contributed by atoms with E-state index in [0.717, 1.165) is 16.8 Å². The number of nitrogens with one attached hydrogen (secondary N) is 2. The van der Waals surface area contributed by atoms with Crippen LogP contribution in [0.15, 0.2) is 65.7 Å². The fraction of sp³-hybridized carbons (Fsp3) is 0.217. The van der Waals surface area contributed by atoms with Gasteiger partial charge in [0.05, 0.1) is 0 Å². The third-order valence-corrected chi connectivity index (χ3v) is 5.25. The summed E-state index contributed by atoms with van der Waals surface area (Å²) in [4.78, 5) is 23.2. The van der Waals surface area contributed by atoms with Crippen LogP contribution in [0.25, 0.3) is 22.0 Å². The molecule has 5 heteroatoms. The lowest BCUT2D eigenvalue weighted by molar-refractivity contribution is 0.474. The van der Waals surface area contributed by atoms with Crippen LogP contribution in [0.1, 0.15) is 31.2 Å². The summed E-state index contributed by atoms with van der Waals surface area (Å²) in [5, 5.41) is 1.38. The predicted octanol–water partition coefficient (Wildman–Crippen LogP) is 5.04. The number of rotatable bonds is 5. The molecule has 0 saturated carbocycles. The molecule has 2 aromatic heterocycles. The smallest absolute Gasteiger partial charge is 0.251 e. The Labute approximate surface area is 162 Å². The second-order valence-corrected chi connectivity index (χ2v) is 7.43. The first kappa shape index (κ1) is 18.2. The Morgan fingerprint density at radius 3 is 2.68 bits per heavy atom. The Morgan fingerprint density at radius 2 is 1.96 bits per heavy atom. The molecule has 0 bridgehead atoms. The molecule has 0 radical (unpaired) electrons. The summed E-state index contributed by atoms with van der Waals surface area (Å²) in [6, 6.07) is 14.3. The largest absolute Gasteiger partial charge is 0.348 e. The first-order chi connectivity index (χ1) is 13.5. The summed E-state index contributed by atoms with van der Waals surface area (Å²) in [6.45, 7) is 4.25. The van der Waals surface area contributed by atoms with Crippen molar-refractivity contribution < 1.29 is 4.39 Å². The molecule has 2 N–H and O–H groups in total. The Balaban J connectivity index is 1.66. The second-order valence-electron chi connectivity index (χ2n) is 7.43. The molecule has 0 aliphatic rings. The van der Waals surface area contributed by atoms with Crippen LogP contribution in [0.3, 0.4) is 0 Å². The molecule has 28 heavy (non-hydrogen) atoms. The van der Waals surface area contributed by atoms with Crippen molar-refractivity contribution in [1.82, 2.24) is 15.0 Å². The van der Waals surface area contributed by atoms with E-state index in [2.05, 4.69) is 28.8 Å². The van der Waals surface area contributed by atoms with Gasteiger partial charge >= 0.3 is 0 Å². The molecule has 1 unspecified atom stereocenters. The van der Waals surface area contributed by atoms with Gasteiger partial charge in [0.15, 0.2) is 0 Å². The van der Waals surface area contributed by atoms with Crippen LogP contribution in [0.5, 0.6) is 0 Å². The molecule has 2 heterocycles. The minimum Gasteiger partial charge on any atom is -0.348 e. The lowest BCUT2D eigenvalue weighted by atomic mass is 9.89. The standard InChI is InChI=1S/C23H22FN3O/c1-14(2)18(22-25-10-11-26-22)13-17-8-9-21(27-23(17)28)16-7-6-15-4-3-5-20(24)19(15)12-16/h3-12,14,18H,13H2,1-2H3,(H,25,26)(H,27,28). The topological polar surface area (TPSA) is 61.5 Å². The molecule has 0 saturated heterocycles. The van der Waals surface area contributed by atoms with E-state index >= 15 is 0 Å². The van der Waals surface area contributed by atoms with E-state index in [-0.39, 0.29) is 17.3 Å². The van der Waals surface area contributed by atoms with Gasteiger partial charge < -0.3 is 9.97 Å². The molecule has 4 aromatic rings. The summed E-state index contributed by atoms with van der Waals surface area (Å²) in [6.07, 6.45) is 4.14. The van der Waals surface area contributed by atoms with E-state index in [1.807, 2.05) is 30.3 Å². The lowest BCUT2D eigenvalue weighted by Gasteiger charge is -2.18. The molecule has 0 amide bonds. The van der Waals surface area contributed by atoms with Crippen molar-refractivity contribution in [2.75, 3.05) is 0 Å². The number of aromatic nitrogens is 3. The van der Waals surface area contributed by atoms with E-state index in [1.54, 1.807) is 24.5 Å². The maximum Gasteiger partial charge on any atom is 0.251 e. The molecule has 0 aliphatic heterocycles. The number of nitrogens with zero attached hydrogens (tertiary/aromatic N) is 1. The first-order valence-electron chi connectivity index (χ1n) is 9.43. The summed E-state index contributed by atoms with van der Waals surface area (Å²) in [7, 11) is 0. The number of aromatic amines is 2. The number of halogens is 1. The Hall–Kier alpha value is -3.21. The Kier molecular flexibility index (Phi) is 4.82. The number of imidazole rings is 1. The molecule has 0 spiro atoms. The quantitative estimate of drug-likeness (QED) is 0.513. The molecular formula is C23H22FN3O. The monoisotopic (exact) mass is 375 g/mol. The zero-order valence-electron chi connectivity index (χ0n) is 15.9. The van der Waals surface area contributed by atoms with Crippen LogP contribution in [-0.4, -0.2) is 15.0 Å². The average molecular weight is 375 g/mol. The Bertz CT molecular complexity index is 1160. The van der Waals surface area contributed by atoms with Crippen LogP contribution in [0.4, 0.5) is 4.39 Å². The van der Waals surface area contributed by atoms with E-state index < -0.39 is 0 Å². The number of hydrogen-bond donors (Lipinski definition) is 2. The molecule has 4 rings (SSSR count). The zero-order chi connectivity index (χ0) is 19.7. The molecule has 2 aromatic carbocycles. The number of H-pyrrole nitrogens is 2. The van der Waals surface area contributed by atoms with Gasteiger partial charge in [-0.25, -0.2) is 9.37 Å². The number of hydrogen-bond acceptors (Lipinski definition) is 2. The van der Waals surface area contributed by atoms with Gasteiger partial charge in [-0.05, 0) is 41.5 Å². The fourth-order valence-electron chi connectivity index (χ4n) is 3.60. The highest BCUT2D eigenvalue weighted by molar-refractivity contribution is 5.87. The number of fused-ring (bicyclic) bond motifs is 1. The van der Waals surface area contributed by atoms with E-state index in [0.29, 0.717) is 29.0 Å². The highest BCUT2D eigenvalue weighted by Crippen LogP contribution is 2.27. The van der Waals surface area contributed by atoms with Crippen LogP contribution in [0, 0.1) is 11.7 Å². The molecule has 0 aliphatic carbocycles. The van der Waals surface area contributed by atoms with Crippen molar-refractivity contribution in [1.29, 1.82) is 0 Å². The summed E-state index contributed by atoms with van der Waals surface area (Å²) in [5.41, 5.74) is 2.06. The van der Waals surface area contributed by atoms with Gasteiger partial charge in [-0.1, -0.05) is 44.2 Å². The molecule has 142 valence electrons. The van der Waals surface area contributed by atoms with Crippen LogP contribution < -0.4 is 5.56 Å². The van der Waals surface area contributed by atoms with Gasteiger partial charge in [-0.3, -0.25) is 4.79 Å². The van der Waals surface area contributed by atoms with Gasteiger partial charge in [-0.15, -0.1) is 0 Å². The number of pyridine rings is 1. The molecular weight excluding hydrogens is 353 g/mol. The highest BCUT2D eigenvalue weighted by atomic mass is 19.1. The maximum absolute atomic E-state index is 14.1. The van der Waals surface area contributed by atoms with Gasteiger partial charge in [0.2, 0.25) is 0 Å². The molecule has 1 atom stereocenters. The van der Waals surface area contributed by atoms with Gasteiger partial charge in [0.25, 0.3) is 5.56 Å². The molecule has 4 nitrogen and oxygen atoms in total. The van der Waals surface area contributed by atoms with Crippen LogP contribution >= 0.6 is 0 Å². The lowest BCUT2D eigenvalue weighted by Crippen LogP contribution is -2.19. The van der Waals surface area contributed by atoms with Crippen molar-refractivity contribution in [2.45, 2.75) is 26.2 Å². The SMILES string of the molecule is CC(C)C(Cc1ccc(-c2ccc3cccc(F)c3c2)[nH]c1=O)c1ncc[nH]1. The second kappa shape index (κ2) is 7.43. The van der Waals surface area contributed by atoms with E-state index in [9.17, 15) is 9.18 Å². The van der Waals surface area contributed by atoms with Crippen LogP contribution in [-0.2, 0) is 6.42 Å². The maximum atomic E-state index is 14.1. The van der Waals surface area contributed by atoms with E-state index in [4.69, 9.17) is 0 Å². The van der Waals surface area contributed by atoms with Gasteiger partial charge in [-0.2, -0.15) is 0 Å². The first-order valence-corrected chi connectivity index (χ1v) is 9.43. The van der Waals surface area contributed by atoms with Gasteiger partial charge in [0.1, 0.15) is 11.6 Å². The predicted molar refractivity (Wildman–Crippen MR) is 110 cm³/mol. The minimum absolute atomic E-state index is 0.122. The molecule has 0 fully saturated rings. The van der Waals surface area contributed by atoms with Gasteiger partial charge in [0, 0.05) is 35.0 Å². The average Bonchev–Trinajstić information content (AvgIpc) is 3.21. The number of benzene rings is 2. The highest BCUT2D eigenvalue weighted by Gasteiger charge is 2.20. The minimum atomic E-state index is -0.267. The zero-order valence-corrected chi connectivity index (χ0v) is 15.9. The van der Waals surface area contributed by atoms with Crippen molar-refractivity contribution >= 4 is 10.8 Å². The van der Waals surface area contributed by atoms with Crippen molar-refractivity contribution in [3.63, 3.8) is 0 Å². The third kappa shape index (κ3) is 3.48. The van der Waals surface area contributed by atoms with E-state index in [1.165, 1.54) is 6.07 Å². The fourth-order valence-corrected chi connectivity index (χ4v) is 3.60. The van der Waals surface area contributed by atoms with Crippen molar-refractivity contribution in [3.8, 4) is 11.3 Å². The third-order valence-electron chi connectivity index (χ3n) is 5.25. The van der Waals surface area contributed by atoms with Crippen molar-refractivity contribution in [2.24, 2.45) is 5.92 Å². The summed E-state index contributed by atoms with van der Waals surface area (Å²) < 4.78 is 14.1. The summed E-state index contributed by atoms with van der Waals surface area (Å²) >= 11 is 0. The normalized spacial score (nSPS) is 12.6.